The quantitative estimate of drug-likeness (QED) is 0.421. The van der Waals surface area contributed by atoms with Gasteiger partial charge < -0.3 is 9.84 Å². The number of fused-ring (bicyclic) bond motifs is 1. The van der Waals surface area contributed by atoms with E-state index in [1.807, 2.05) is 41.9 Å². The maximum absolute atomic E-state index is 10.7. The highest BCUT2D eigenvalue weighted by Gasteiger charge is 2.09. The Labute approximate surface area is 164 Å². The van der Waals surface area contributed by atoms with Crippen molar-refractivity contribution in [1.29, 1.82) is 0 Å². The van der Waals surface area contributed by atoms with Crippen molar-refractivity contribution >= 4 is 23.1 Å². The second-order valence-corrected chi connectivity index (χ2v) is 6.73. The van der Waals surface area contributed by atoms with Crippen molar-refractivity contribution < 1.29 is 14.6 Å². The first-order chi connectivity index (χ1) is 13.6. The van der Waals surface area contributed by atoms with Gasteiger partial charge >= 0.3 is 5.97 Å². The van der Waals surface area contributed by atoms with E-state index in [-0.39, 0.29) is 0 Å². The summed E-state index contributed by atoms with van der Waals surface area (Å²) in [6, 6.07) is 14.1. The van der Waals surface area contributed by atoms with Crippen molar-refractivity contribution in [3.63, 3.8) is 0 Å². The zero-order valence-electron chi connectivity index (χ0n) is 16.0. The average Bonchev–Trinajstić information content (AvgIpc) is 3.11. The number of aromatic nitrogens is 3. The Morgan fingerprint density at radius 1 is 1.14 bits per heavy atom. The molecule has 0 fully saturated rings. The largest absolute Gasteiger partial charge is 0.478 e. The number of benzene rings is 2. The van der Waals surface area contributed by atoms with Gasteiger partial charge in [-0.1, -0.05) is 41.6 Å². The summed E-state index contributed by atoms with van der Waals surface area (Å²) in [6.45, 7) is 4.16. The minimum absolute atomic E-state index is 0.659. The van der Waals surface area contributed by atoms with Gasteiger partial charge in [0.05, 0.1) is 12.1 Å². The van der Waals surface area contributed by atoms with Crippen LogP contribution in [0.5, 0.6) is 0 Å². The van der Waals surface area contributed by atoms with Crippen molar-refractivity contribution in [2.45, 2.75) is 39.3 Å². The molecule has 6 heteroatoms. The summed E-state index contributed by atoms with van der Waals surface area (Å²) in [5.41, 5.74) is 4.78. The molecule has 0 saturated carbocycles. The smallest absolute Gasteiger partial charge is 0.328 e. The molecule has 0 aliphatic rings. The molecule has 6 nitrogen and oxygen atoms in total. The summed E-state index contributed by atoms with van der Waals surface area (Å²) in [4.78, 5) is 10.7. The number of carbonyl (C=O) groups is 1. The number of aliphatic carboxylic acids is 1. The lowest BCUT2D eigenvalue weighted by atomic mass is 10.1. The van der Waals surface area contributed by atoms with Gasteiger partial charge in [-0.15, -0.1) is 5.10 Å². The Bertz CT molecular complexity index is 948. The van der Waals surface area contributed by atoms with Gasteiger partial charge in [-0.05, 0) is 55.0 Å². The highest BCUT2D eigenvalue weighted by Crippen LogP contribution is 2.21. The molecule has 0 aliphatic heterocycles. The Kier molecular flexibility index (Phi) is 6.92. The third-order valence-corrected chi connectivity index (χ3v) is 4.66. The molecule has 0 bridgehead atoms. The second kappa shape index (κ2) is 9.80. The molecular weight excluding hydrogens is 354 g/mol. The second-order valence-electron chi connectivity index (χ2n) is 6.73. The molecule has 2 aromatic carbocycles. The maximum atomic E-state index is 10.7. The van der Waals surface area contributed by atoms with Crippen LogP contribution in [-0.2, 0) is 22.7 Å². The van der Waals surface area contributed by atoms with Gasteiger partial charge in [0.1, 0.15) is 5.52 Å². The molecule has 0 aliphatic carbocycles. The van der Waals surface area contributed by atoms with E-state index in [0.29, 0.717) is 6.61 Å². The van der Waals surface area contributed by atoms with Gasteiger partial charge in [0.25, 0.3) is 0 Å². The van der Waals surface area contributed by atoms with E-state index in [1.54, 1.807) is 6.08 Å². The van der Waals surface area contributed by atoms with E-state index in [0.717, 1.165) is 60.7 Å². The normalized spacial score (nSPS) is 11.5. The van der Waals surface area contributed by atoms with Gasteiger partial charge in [-0.2, -0.15) is 0 Å². The van der Waals surface area contributed by atoms with E-state index in [9.17, 15) is 4.79 Å². The number of nitrogens with zero attached hydrogens (tertiary/aromatic N) is 3. The van der Waals surface area contributed by atoms with Crippen LogP contribution in [0.15, 0.2) is 48.5 Å². The summed E-state index contributed by atoms with van der Waals surface area (Å²) in [5.74, 6) is -0.962. The molecule has 1 heterocycles. The summed E-state index contributed by atoms with van der Waals surface area (Å²) < 4.78 is 7.63. The third-order valence-electron chi connectivity index (χ3n) is 4.66. The summed E-state index contributed by atoms with van der Waals surface area (Å²) in [5, 5.41) is 17.3. The van der Waals surface area contributed by atoms with Crippen LogP contribution in [0.2, 0.25) is 0 Å². The van der Waals surface area contributed by atoms with Crippen LogP contribution in [0.3, 0.4) is 0 Å². The fraction of sp³-hybridized carbons (Fsp3) is 0.318. The summed E-state index contributed by atoms with van der Waals surface area (Å²) in [6.07, 6.45) is 5.81. The molecule has 0 spiro atoms. The first-order valence-corrected chi connectivity index (χ1v) is 9.50. The number of rotatable bonds is 10. The minimum Gasteiger partial charge on any atom is -0.478 e. The molecule has 3 aromatic rings. The number of carboxylic acid groups (broad SMARTS) is 1. The van der Waals surface area contributed by atoms with Gasteiger partial charge in [0.15, 0.2) is 0 Å². The minimum atomic E-state index is -0.962. The van der Waals surface area contributed by atoms with Crippen LogP contribution in [0.4, 0.5) is 0 Å². The van der Waals surface area contributed by atoms with Crippen LogP contribution < -0.4 is 0 Å². The molecule has 1 aromatic heterocycles. The highest BCUT2D eigenvalue weighted by molar-refractivity contribution is 5.88. The molecule has 146 valence electrons. The number of hydrogen-bond donors (Lipinski definition) is 1. The number of carboxylic acids is 1. The van der Waals surface area contributed by atoms with Crippen LogP contribution in [-0.4, -0.2) is 32.7 Å². The van der Waals surface area contributed by atoms with Crippen LogP contribution >= 0.6 is 0 Å². The molecule has 0 amide bonds. The molecule has 0 saturated heterocycles. The first kappa shape index (κ1) is 19.8. The van der Waals surface area contributed by atoms with Crippen molar-refractivity contribution in [1.82, 2.24) is 15.0 Å². The molecule has 0 atom stereocenters. The van der Waals surface area contributed by atoms with Crippen molar-refractivity contribution in [2.24, 2.45) is 0 Å². The molecule has 0 radical (unpaired) electrons. The predicted molar refractivity (Wildman–Crippen MR) is 109 cm³/mol. The lowest BCUT2D eigenvalue weighted by Gasteiger charge is -2.06. The number of ether oxygens (including phenoxy) is 1. The maximum Gasteiger partial charge on any atom is 0.328 e. The van der Waals surface area contributed by atoms with E-state index in [4.69, 9.17) is 9.84 Å². The van der Waals surface area contributed by atoms with Crippen LogP contribution in [0.1, 0.15) is 36.0 Å². The van der Waals surface area contributed by atoms with Crippen molar-refractivity contribution in [3.05, 3.63) is 65.2 Å². The van der Waals surface area contributed by atoms with E-state index in [2.05, 4.69) is 22.4 Å². The lowest BCUT2D eigenvalue weighted by molar-refractivity contribution is -0.131. The standard InChI is InChI=1S/C22H25N3O3/c1-17-19(11-13-21(26)27)10-12-20-22(17)23-24-25(20)14-6-3-7-15-28-16-18-8-4-2-5-9-18/h2,4-5,8-13H,3,6-7,14-16H2,1H3,(H,26,27)/b13-11+. The molecule has 0 unspecified atom stereocenters. The Morgan fingerprint density at radius 3 is 2.75 bits per heavy atom. The van der Waals surface area contributed by atoms with Gasteiger partial charge in [-0.25, -0.2) is 9.48 Å². The number of unbranched alkanes of at least 4 members (excludes halogenated alkanes) is 2. The highest BCUT2D eigenvalue weighted by atomic mass is 16.5. The van der Waals surface area contributed by atoms with E-state index in [1.165, 1.54) is 5.56 Å². The fourth-order valence-electron chi connectivity index (χ4n) is 3.10. The van der Waals surface area contributed by atoms with Crippen molar-refractivity contribution in [3.8, 4) is 0 Å². The molecule has 1 N–H and O–H groups in total. The predicted octanol–water partition coefficient (Wildman–Crippen LogP) is 4.22. The summed E-state index contributed by atoms with van der Waals surface area (Å²) >= 11 is 0. The zero-order valence-corrected chi connectivity index (χ0v) is 16.0. The monoisotopic (exact) mass is 379 g/mol. The summed E-state index contributed by atoms with van der Waals surface area (Å²) in [7, 11) is 0. The average molecular weight is 379 g/mol. The zero-order chi connectivity index (χ0) is 19.8. The third kappa shape index (κ3) is 5.27. The van der Waals surface area contributed by atoms with E-state index < -0.39 is 5.97 Å². The SMILES string of the molecule is Cc1c(/C=C/C(=O)O)ccc2c1nnn2CCCCCOCc1ccccc1. The van der Waals surface area contributed by atoms with Gasteiger partial charge in [-0.3, -0.25) is 0 Å². The van der Waals surface area contributed by atoms with E-state index >= 15 is 0 Å². The first-order valence-electron chi connectivity index (χ1n) is 9.50. The molecule has 3 rings (SSSR count). The van der Waals surface area contributed by atoms with Crippen molar-refractivity contribution in [2.75, 3.05) is 6.61 Å². The topological polar surface area (TPSA) is 77.2 Å². The van der Waals surface area contributed by atoms with Crippen LogP contribution in [0, 0.1) is 6.92 Å². The molecule has 28 heavy (non-hydrogen) atoms. The number of hydrogen-bond acceptors (Lipinski definition) is 4. The Morgan fingerprint density at radius 2 is 1.96 bits per heavy atom. The molecular formula is C22H25N3O3. The fourth-order valence-corrected chi connectivity index (χ4v) is 3.10. The Hall–Kier alpha value is -2.99. The number of aryl methyl sites for hydroxylation is 2. The van der Waals surface area contributed by atoms with Crippen LogP contribution in [0.25, 0.3) is 17.1 Å². The lowest BCUT2D eigenvalue weighted by Crippen LogP contribution is -2.01. The van der Waals surface area contributed by atoms with Gasteiger partial charge in [0.2, 0.25) is 0 Å². The van der Waals surface area contributed by atoms with Gasteiger partial charge in [0, 0.05) is 19.2 Å². The Balaban J connectivity index is 1.46.